The number of hydrogen-bond donors (Lipinski definition) is 4. The van der Waals surface area contributed by atoms with Gasteiger partial charge in [0.15, 0.2) is 6.10 Å². The molecule has 0 spiro atoms. The van der Waals surface area contributed by atoms with E-state index in [1.165, 1.54) is 0 Å². The van der Waals surface area contributed by atoms with Gasteiger partial charge < -0.3 is 20.4 Å². The largest absolute Gasteiger partial charge is 0.479 e. The van der Waals surface area contributed by atoms with Crippen molar-refractivity contribution in [3.8, 4) is 0 Å². The third-order valence-electron chi connectivity index (χ3n) is 5.53. The Morgan fingerprint density at radius 3 is 2.22 bits per heavy atom. The van der Waals surface area contributed by atoms with E-state index >= 15 is 0 Å². The number of hydrogen-bond acceptors (Lipinski definition) is 4. The van der Waals surface area contributed by atoms with E-state index in [1.54, 1.807) is 0 Å². The van der Waals surface area contributed by atoms with Gasteiger partial charge in [-0.3, -0.25) is 0 Å². The average molecular weight is 328 g/mol. The Kier molecular flexibility index (Phi) is 7.71. The Bertz CT molecular complexity index is 420. The summed E-state index contributed by atoms with van der Waals surface area (Å²) in [5.41, 5.74) is 0.904. The van der Waals surface area contributed by atoms with Crippen LogP contribution in [-0.4, -0.2) is 44.7 Å². The lowest BCUT2D eigenvalue weighted by Crippen LogP contribution is -2.37. The minimum absolute atomic E-state index is 0.153. The second-order valence-corrected chi connectivity index (χ2v) is 7.05. The van der Waals surface area contributed by atoms with E-state index in [0.717, 1.165) is 24.8 Å². The molecule has 1 aliphatic carbocycles. The van der Waals surface area contributed by atoms with Crippen molar-refractivity contribution in [3.05, 3.63) is 11.6 Å². The van der Waals surface area contributed by atoms with Crippen molar-refractivity contribution in [2.75, 3.05) is 0 Å². The van der Waals surface area contributed by atoms with Crippen LogP contribution in [0.25, 0.3) is 0 Å². The summed E-state index contributed by atoms with van der Waals surface area (Å²) >= 11 is 0. The summed E-state index contributed by atoms with van der Waals surface area (Å²) in [4.78, 5) is 10.7. The lowest BCUT2D eigenvalue weighted by atomic mass is 9.81. The fraction of sp³-hybridized carbons (Fsp3) is 0.833. The fourth-order valence-corrected chi connectivity index (χ4v) is 3.43. The van der Waals surface area contributed by atoms with Crippen LogP contribution in [0.15, 0.2) is 11.6 Å². The standard InChI is InChI=1S/C18H32O5/c1-5-10(3)12-7-13(11(4)6-2)14(8-12)15(19)9-16(20)17(21)18(22)23/h8,10-13,15-17,19-21H,5-7,9H2,1-4H3,(H,22,23)/t10-,11-,12+,13+,15-,16+,17-/m1/s1. The predicted molar refractivity (Wildman–Crippen MR) is 88.9 cm³/mol. The molecule has 0 amide bonds. The van der Waals surface area contributed by atoms with Gasteiger partial charge in [-0.1, -0.05) is 46.6 Å². The molecule has 0 heterocycles. The maximum absolute atomic E-state index is 10.7. The Labute approximate surface area is 139 Å². The molecule has 7 atom stereocenters. The van der Waals surface area contributed by atoms with Gasteiger partial charge in [-0.2, -0.15) is 0 Å². The van der Waals surface area contributed by atoms with Gasteiger partial charge in [-0.05, 0) is 35.7 Å². The molecule has 5 nitrogen and oxygen atoms in total. The quantitative estimate of drug-likeness (QED) is 0.486. The van der Waals surface area contributed by atoms with E-state index in [4.69, 9.17) is 5.11 Å². The summed E-state index contributed by atoms with van der Waals surface area (Å²) in [6.45, 7) is 8.63. The van der Waals surface area contributed by atoms with Crippen LogP contribution in [-0.2, 0) is 4.79 Å². The number of allylic oxidation sites excluding steroid dienone is 1. The first-order chi connectivity index (χ1) is 10.7. The number of aliphatic carboxylic acids is 1. The smallest absolute Gasteiger partial charge is 0.335 e. The molecule has 0 fully saturated rings. The maximum Gasteiger partial charge on any atom is 0.335 e. The van der Waals surface area contributed by atoms with Crippen LogP contribution in [0.2, 0.25) is 0 Å². The zero-order chi connectivity index (χ0) is 17.7. The van der Waals surface area contributed by atoms with Crippen molar-refractivity contribution in [1.29, 1.82) is 0 Å². The van der Waals surface area contributed by atoms with Crippen LogP contribution in [0.3, 0.4) is 0 Å². The molecule has 0 saturated carbocycles. The first kappa shape index (κ1) is 20.1. The molecule has 0 aromatic carbocycles. The molecule has 0 bridgehead atoms. The second-order valence-electron chi connectivity index (χ2n) is 7.05. The molecule has 0 aromatic heterocycles. The highest BCUT2D eigenvalue weighted by atomic mass is 16.4. The van der Waals surface area contributed by atoms with Crippen LogP contribution in [0.5, 0.6) is 0 Å². The highest BCUT2D eigenvalue weighted by Crippen LogP contribution is 2.42. The first-order valence-electron chi connectivity index (χ1n) is 8.71. The van der Waals surface area contributed by atoms with Gasteiger partial charge in [0.25, 0.3) is 0 Å². The minimum atomic E-state index is -1.86. The fourth-order valence-electron chi connectivity index (χ4n) is 3.43. The normalized spacial score (nSPS) is 27.9. The molecule has 23 heavy (non-hydrogen) atoms. The first-order valence-corrected chi connectivity index (χ1v) is 8.71. The molecule has 4 N–H and O–H groups in total. The zero-order valence-electron chi connectivity index (χ0n) is 14.6. The summed E-state index contributed by atoms with van der Waals surface area (Å²) in [7, 11) is 0. The Balaban J connectivity index is 2.87. The minimum Gasteiger partial charge on any atom is -0.479 e. The van der Waals surface area contributed by atoms with Crippen molar-refractivity contribution < 1.29 is 25.2 Å². The van der Waals surface area contributed by atoms with Crippen LogP contribution < -0.4 is 0 Å². The molecule has 0 unspecified atom stereocenters. The highest BCUT2D eigenvalue weighted by Gasteiger charge is 2.36. The van der Waals surface area contributed by atoms with Gasteiger partial charge in [0.2, 0.25) is 0 Å². The van der Waals surface area contributed by atoms with E-state index in [9.17, 15) is 20.1 Å². The number of carboxylic acids is 1. The van der Waals surface area contributed by atoms with Crippen LogP contribution >= 0.6 is 0 Å². The molecule has 1 rings (SSSR count). The van der Waals surface area contributed by atoms with Crippen molar-refractivity contribution in [2.45, 2.75) is 71.7 Å². The van der Waals surface area contributed by atoms with E-state index in [0.29, 0.717) is 17.8 Å². The summed E-state index contributed by atoms with van der Waals surface area (Å²) in [6.07, 6.45) is 0.790. The molecule has 0 aliphatic heterocycles. The Morgan fingerprint density at radius 2 is 1.74 bits per heavy atom. The average Bonchev–Trinajstić information content (AvgIpc) is 2.97. The summed E-state index contributed by atoms with van der Waals surface area (Å²) in [5.74, 6) is 0.140. The van der Waals surface area contributed by atoms with E-state index in [-0.39, 0.29) is 12.3 Å². The zero-order valence-corrected chi connectivity index (χ0v) is 14.6. The molecule has 1 aliphatic rings. The van der Waals surface area contributed by atoms with Crippen LogP contribution in [0.1, 0.15) is 53.4 Å². The maximum atomic E-state index is 10.7. The molecule has 0 aromatic rings. The topological polar surface area (TPSA) is 98.0 Å². The number of aliphatic hydroxyl groups excluding tert-OH is 3. The second kappa shape index (κ2) is 8.81. The van der Waals surface area contributed by atoms with Crippen molar-refractivity contribution >= 4 is 5.97 Å². The predicted octanol–water partition coefficient (Wildman–Crippen LogP) is 2.20. The Hall–Kier alpha value is -0.910. The van der Waals surface area contributed by atoms with Crippen molar-refractivity contribution in [3.63, 3.8) is 0 Å². The summed E-state index contributed by atoms with van der Waals surface area (Å²) in [5, 5.41) is 38.5. The van der Waals surface area contributed by atoms with Crippen LogP contribution in [0, 0.1) is 23.7 Å². The molecular formula is C18H32O5. The van der Waals surface area contributed by atoms with Gasteiger partial charge in [0.1, 0.15) is 0 Å². The number of aliphatic hydroxyl groups is 3. The van der Waals surface area contributed by atoms with Gasteiger partial charge >= 0.3 is 5.97 Å². The van der Waals surface area contributed by atoms with Crippen molar-refractivity contribution in [2.24, 2.45) is 23.7 Å². The highest BCUT2D eigenvalue weighted by molar-refractivity contribution is 5.72. The van der Waals surface area contributed by atoms with Gasteiger partial charge in [-0.25, -0.2) is 4.79 Å². The van der Waals surface area contributed by atoms with E-state index in [2.05, 4.69) is 33.8 Å². The molecule has 0 saturated heterocycles. The Morgan fingerprint density at radius 1 is 1.17 bits per heavy atom. The van der Waals surface area contributed by atoms with E-state index in [1.807, 2.05) is 0 Å². The molecular weight excluding hydrogens is 296 g/mol. The SMILES string of the molecule is CC[C@@H](C)[C@@H]1C=C([C@H](O)C[C@H](O)[C@@H](O)C(=O)O)[C@H]([C@H](C)CC)C1. The number of carbonyl (C=O) groups is 1. The molecule has 0 radical (unpaired) electrons. The summed E-state index contributed by atoms with van der Waals surface area (Å²) in [6, 6.07) is 0. The molecule has 134 valence electrons. The van der Waals surface area contributed by atoms with E-state index < -0.39 is 24.3 Å². The van der Waals surface area contributed by atoms with Crippen molar-refractivity contribution in [1.82, 2.24) is 0 Å². The third kappa shape index (κ3) is 5.03. The lowest BCUT2D eigenvalue weighted by molar-refractivity contribution is -0.153. The van der Waals surface area contributed by atoms with Gasteiger partial charge in [-0.15, -0.1) is 0 Å². The number of carboxylic acid groups (broad SMARTS) is 1. The van der Waals surface area contributed by atoms with Gasteiger partial charge in [0.05, 0.1) is 12.2 Å². The van der Waals surface area contributed by atoms with Crippen LogP contribution in [0.4, 0.5) is 0 Å². The third-order valence-corrected chi connectivity index (χ3v) is 5.53. The van der Waals surface area contributed by atoms with Gasteiger partial charge in [0, 0.05) is 6.42 Å². The molecule has 5 heteroatoms. The number of rotatable bonds is 9. The monoisotopic (exact) mass is 328 g/mol. The lowest BCUT2D eigenvalue weighted by Gasteiger charge is -2.27. The summed E-state index contributed by atoms with van der Waals surface area (Å²) < 4.78 is 0.